The Bertz CT molecular complexity index is 803. The van der Waals surface area contributed by atoms with E-state index in [0.717, 1.165) is 11.4 Å². The molecule has 2 heterocycles. The van der Waals surface area contributed by atoms with Crippen LogP contribution in [0.1, 0.15) is 22.3 Å². The lowest BCUT2D eigenvalue weighted by Crippen LogP contribution is -2.29. The smallest absolute Gasteiger partial charge is 0.232 e. The van der Waals surface area contributed by atoms with Crippen LogP contribution in [-0.2, 0) is 0 Å². The molecule has 0 unspecified atom stereocenters. The molecule has 142 valence electrons. The summed E-state index contributed by atoms with van der Waals surface area (Å²) < 4.78 is 0. The first kappa shape index (κ1) is 18.3. The number of anilines is 2. The normalized spacial score (nSPS) is 16.0. The molecule has 6 heteroatoms. The number of benzene rings is 2. The van der Waals surface area contributed by atoms with E-state index in [0.29, 0.717) is 13.1 Å². The van der Waals surface area contributed by atoms with Gasteiger partial charge in [-0.2, -0.15) is 10.2 Å². The van der Waals surface area contributed by atoms with Crippen molar-refractivity contribution in [1.82, 2.24) is 10.0 Å². The highest BCUT2D eigenvalue weighted by Crippen LogP contribution is 2.24. The molecule has 2 aliphatic rings. The molecule has 0 bridgehead atoms. The summed E-state index contributed by atoms with van der Waals surface area (Å²) in [4.78, 5) is 3.84. The average molecular weight is 372 g/mol. The van der Waals surface area contributed by atoms with Crippen LogP contribution < -0.4 is 9.80 Å². The first-order valence-corrected chi connectivity index (χ1v) is 9.37. The topological polar surface area (TPSA) is 37.7 Å². The average Bonchev–Trinajstić information content (AvgIpc) is 3.28. The minimum Gasteiger partial charge on any atom is -0.298 e. The van der Waals surface area contributed by atoms with E-state index in [4.69, 9.17) is 0 Å². The predicted octanol–water partition coefficient (Wildman–Crippen LogP) is 3.74. The summed E-state index contributed by atoms with van der Waals surface area (Å²) in [5.41, 5.74) is 7.05. The SMILES string of the molecule is Cc1cc(C)cc(N2[C]N(CCN3[C]N(c4cc(C)cc(C)c4)C=N3)N=C2)c1. The second-order valence-corrected chi connectivity index (χ2v) is 7.34. The van der Waals surface area contributed by atoms with Gasteiger partial charge in [0.15, 0.2) is 0 Å². The first-order valence-electron chi connectivity index (χ1n) is 9.37. The van der Waals surface area contributed by atoms with Crippen LogP contribution in [0.5, 0.6) is 0 Å². The Morgan fingerprint density at radius 3 is 1.32 bits per heavy atom. The fraction of sp³-hybridized carbons (Fsp3) is 0.273. The first-order chi connectivity index (χ1) is 13.5. The Morgan fingerprint density at radius 2 is 0.964 bits per heavy atom. The van der Waals surface area contributed by atoms with Crippen molar-refractivity contribution in [2.75, 3.05) is 22.9 Å². The molecule has 0 amide bonds. The minimum atomic E-state index is 0.669. The third-order valence-electron chi connectivity index (χ3n) is 4.55. The Morgan fingerprint density at radius 1 is 0.607 bits per heavy atom. The van der Waals surface area contributed by atoms with Crippen molar-refractivity contribution < 1.29 is 0 Å². The van der Waals surface area contributed by atoms with Crippen molar-refractivity contribution in [1.29, 1.82) is 0 Å². The van der Waals surface area contributed by atoms with Gasteiger partial charge in [-0.25, -0.2) is 0 Å². The zero-order valence-corrected chi connectivity index (χ0v) is 16.7. The molecule has 2 aliphatic heterocycles. The van der Waals surface area contributed by atoms with E-state index < -0.39 is 0 Å². The monoisotopic (exact) mass is 372 g/mol. The van der Waals surface area contributed by atoms with E-state index in [2.05, 4.69) is 87.6 Å². The van der Waals surface area contributed by atoms with E-state index in [1.165, 1.54) is 22.3 Å². The van der Waals surface area contributed by atoms with Gasteiger partial charge in [0.05, 0.1) is 13.1 Å². The highest BCUT2D eigenvalue weighted by molar-refractivity contribution is 5.83. The molecule has 0 aromatic heterocycles. The molecule has 0 saturated carbocycles. The van der Waals surface area contributed by atoms with Crippen LogP contribution in [0.15, 0.2) is 46.6 Å². The van der Waals surface area contributed by atoms with Gasteiger partial charge in [-0.3, -0.25) is 19.8 Å². The predicted molar refractivity (Wildman–Crippen MR) is 114 cm³/mol. The number of hydrazone groups is 2. The second-order valence-electron chi connectivity index (χ2n) is 7.34. The number of hydrogen-bond donors (Lipinski definition) is 0. The van der Waals surface area contributed by atoms with Gasteiger partial charge in [0.25, 0.3) is 0 Å². The quantitative estimate of drug-likeness (QED) is 0.801. The van der Waals surface area contributed by atoms with E-state index >= 15 is 0 Å². The summed E-state index contributed by atoms with van der Waals surface area (Å²) in [5.74, 6) is 0. The highest BCUT2D eigenvalue weighted by Gasteiger charge is 2.22. The van der Waals surface area contributed by atoms with Crippen molar-refractivity contribution in [3.05, 3.63) is 72.0 Å². The Balaban J connectivity index is 1.29. The molecule has 2 aromatic rings. The molecule has 0 spiro atoms. The maximum atomic E-state index is 4.42. The summed E-state index contributed by atoms with van der Waals surface area (Å²) in [6.45, 7) is 16.3. The summed E-state index contributed by atoms with van der Waals surface area (Å²) in [7, 11) is 0. The molecule has 0 aliphatic carbocycles. The van der Waals surface area contributed by atoms with Gasteiger partial charge in [0, 0.05) is 11.4 Å². The van der Waals surface area contributed by atoms with Gasteiger partial charge in [-0.15, -0.1) is 0 Å². The maximum absolute atomic E-state index is 4.42. The van der Waals surface area contributed by atoms with Crippen LogP contribution >= 0.6 is 0 Å². The van der Waals surface area contributed by atoms with Crippen molar-refractivity contribution in [3.63, 3.8) is 0 Å². The molecule has 2 aromatic carbocycles. The van der Waals surface area contributed by atoms with Gasteiger partial charge in [-0.1, -0.05) is 12.1 Å². The Labute approximate surface area is 167 Å². The molecular weight excluding hydrogens is 348 g/mol. The van der Waals surface area contributed by atoms with Crippen LogP contribution in [0.25, 0.3) is 0 Å². The van der Waals surface area contributed by atoms with Crippen molar-refractivity contribution in [3.8, 4) is 0 Å². The van der Waals surface area contributed by atoms with Crippen LogP contribution in [-0.4, -0.2) is 35.8 Å². The standard InChI is InChI=1S/C22H24N6/c1-17-7-18(2)10-21(9-17)25-13-23-27(15-25)5-6-28-16-26(14-24-28)22-11-19(3)8-20(4)12-22/h7-14H,5-6H2,1-4H3. The van der Waals surface area contributed by atoms with Crippen molar-refractivity contribution in [2.24, 2.45) is 10.2 Å². The van der Waals surface area contributed by atoms with E-state index in [1.54, 1.807) is 22.7 Å². The molecule has 28 heavy (non-hydrogen) atoms. The fourth-order valence-corrected chi connectivity index (χ4v) is 3.41. The van der Waals surface area contributed by atoms with Crippen LogP contribution in [0.4, 0.5) is 11.4 Å². The Kier molecular flexibility index (Phi) is 4.94. The fourth-order valence-electron chi connectivity index (χ4n) is 3.41. The number of nitrogens with zero attached hydrogens (tertiary/aromatic N) is 6. The summed E-state index contributed by atoms with van der Waals surface area (Å²) in [6.07, 6.45) is 3.58. The third kappa shape index (κ3) is 4.11. The largest absolute Gasteiger partial charge is 0.298 e. The lowest BCUT2D eigenvalue weighted by molar-refractivity contribution is 0.287. The summed E-state index contributed by atoms with van der Waals surface area (Å²) in [5, 5.41) is 12.4. The van der Waals surface area contributed by atoms with Crippen LogP contribution in [0, 0.1) is 41.0 Å². The summed E-state index contributed by atoms with van der Waals surface area (Å²) in [6, 6.07) is 12.8. The minimum absolute atomic E-state index is 0.669. The summed E-state index contributed by atoms with van der Waals surface area (Å²) >= 11 is 0. The second kappa shape index (κ2) is 7.54. The Hall–Kier alpha value is -3.02. The molecule has 0 N–H and O–H groups in total. The molecule has 4 rings (SSSR count). The highest BCUT2D eigenvalue weighted by atomic mass is 15.6. The van der Waals surface area contributed by atoms with Gasteiger partial charge < -0.3 is 0 Å². The van der Waals surface area contributed by atoms with Crippen molar-refractivity contribution in [2.45, 2.75) is 27.7 Å². The third-order valence-corrected chi connectivity index (χ3v) is 4.55. The van der Waals surface area contributed by atoms with Crippen LogP contribution in [0.3, 0.4) is 0 Å². The number of rotatable bonds is 5. The molecule has 0 saturated heterocycles. The zero-order valence-electron chi connectivity index (χ0n) is 16.7. The van der Waals surface area contributed by atoms with Gasteiger partial charge in [0.2, 0.25) is 13.3 Å². The lowest BCUT2D eigenvalue weighted by Gasteiger charge is -2.21. The molecule has 0 atom stereocenters. The zero-order chi connectivity index (χ0) is 19.7. The van der Waals surface area contributed by atoms with Gasteiger partial charge >= 0.3 is 0 Å². The molecular formula is C22H24N6. The molecule has 4 radical (unpaired) electrons. The maximum Gasteiger partial charge on any atom is 0.232 e. The number of aryl methyl sites for hydroxylation is 4. The van der Waals surface area contributed by atoms with E-state index in [-0.39, 0.29) is 0 Å². The molecule has 0 fully saturated rings. The van der Waals surface area contributed by atoms with E-state index in [1.807, 2.05) is 9.80 Å². The molecule has 6 nitrogen and oxygen atoms in total. The van der Waals surface area contributed by atoms with E-state index in [9.17, 15) is 0 Å². The van der Waals surface area contributed by atoms with Gasteiger partial charge in [0.1, 0.15) is 12.7 Å². The lowest BCUT2D eigenvalue weighted by atomic mass is 10.1. The van der Waals surface area contributed by atoms with Crippen LogP contribution in [0.2, 0.25) is 0 Å². The number of hydrogen-bond acceptors (Lipinski definition) is 6. The van der Waals surface area contributed by atoms with Gasteiger partial charge in [-0.05, 0) is 74.2 Å². The van der Waals surface area contributed by atoms with Crippen molar-refractivity contribution >= 4 is 24.1 Å².